The molecule has 0 unspecified atom stereocenters. The number of halogens is 1. The van der Waals surface area contributed by atoms with Crippen LogP contribution in [0.2, 0.25) is 5.02 Å². The van der Waals surface area contributed by atoms with Crippen LogP contribution in [-0.4, -0.2) is 58.4 Å². The van der Waals surface area contributed by atoms with Crippen LogP contribution in [0.4, 0.5) is 0 Å². The zero-order chi connectivity index (χ0) is 23.9. The van der Waals surface area contributed by atoms with Crippen LogP contribution in [0.1, 0.15) is 11.3 Å². The van der Waals surface area contributed by atoms with E-state index in [0.717, 1.165) is 11.1 Å². The first-order chi connectivity index (χ1) is 16.3. The van der Waals surface area contributed by atoms with Crippen LogP contribution in [0.5, 0.6) is 0 Å². The smallest absolute Gasteiger partial charge is 0.275 e. The van der Waals surface area contributed by atoms with E-state index in [0.29, 0.717) is 58.3 Å². The second-order valence-electron chi connectivity index (χ2n) is 8.16. The van der Waals surface area contributed by atoms with Gasteiger partial charge in [-0.25, -0.2) is 13.4 Å². The zero-order valence-corrected chi connectivity index (χ0v) is 20.8. The van der Waals surface area contributed by atoms with Gasteiger partial charge in [-0.3, -0.25) is 9.69 Å². The monoisotopic (exact) mass is 515 g/mol. The molecule has 2 aromatic heterocycles. The fraction of sp³-hybridized carbons (Fsp3) is 0.261. The lowest BCUT2D eigenvalue weighted by atomic mass is 10.2. The van der Waals surface area contributed by atoms with Crippen LogP contribution in [0.3, 0.4) is 0 Å². The van der Waals surface area contributed by atoms with E-state index < -0.39 is 10.0 Å². The molecule has 0 saturated carbocycles. The van der Waals surface area contributed by atoms with E-state index in [-0.39, 0.29) is 5.56 Å². The maximum absolute atomic E-state index is 12.9. The highest BCUT2D eigenvalue weighted by molar-refractivity contribution is 7.89. The standard InChI is InChI=1S/C23H22ClN5O3S2/c1-16-6-8-18(9-7-16)34(31,32)28-12-10-27(11-13-28)15-17-14-21(30)29-23(25-17)33-22(26-29)19-4-2-3-5-20(19)24/h2-9,14H,10-13,15H2,1H3. The lowest BCUT2D eigenvalue weighted by molar-refractivity contribution is 0.180. The molecular formula is C23H22ClN5O3S2. The molecule has 0 aliphatic carbocycles. The van der Waals surface area contributed by atoms with Crippen LogP contribution in [0.15, 0.2) is 64.3 Å². The van der Waals surface area contributed by atoms with Gasteiger partial charge in [-0.15, -0.1) is 0 Å². The molecule has 0 spiro atoms. The van der Waals surface area contributed by atoms with Gasteiger partial charge in [-0.2, -0.15) is 13.9 Å². The van der Waals surface area contributed by atoms with Gasteiger partial charge in [-0.1, -0.05) is 58.8 Å². The van der Waals surface area contributed by atoms with Crippen molar-refractivity contribution >= 4 is 37.9 Å². The lowest BCUT2D eigenvalue weighted by Gasteiger charge is -2.33. The van der Waals surface area contributed by atoms with Crippen molar-refractivity contribution in [3.8, 4) is 10.6 Å². The highest BCUT2D eigenvalue weighted by Crippen LogP contribution is 2.30. The van der Waals surface area contributed by atoms with E-state index in [2.05, 4.69) is 15.0 Å². The summed E-state index contributed by atoms with van der Waals surface area (Å²) in [5.74, 6) is 0. The molecule has 0 bridgehead atoms. The number of hydrogen-bond donors (Lipinski definition) is 0. The third-order valence-electron chi connectivity index (χ3n) is 5.78. The van der Waals surface area contributed by atoms with E-state index in [1.54, 1.807) is 30.3 Å². The van der Waals surface area contributed by atoms with Crippen LogP contribution in [0, 0.1) is 6.92 Å². The molecule has 0 amide bonds. The first kappa shape index (κ1) is 23.1. The Hall–Kier alpha value is -2.63. The predicted octanol–water partition coefficient (Wildman–Crippen LogP) is 3.29. The number of piperazine rings is 1. The minimum atomic E-state index is -3.52. The van der Waals surface area contributed by atoms with Gasteiger partial charge in [-0.05, 0) is 25.1 Å². The first-order valence-corrected chi connectivity index (χ1v) is 13.4. The third-order valence-corrected chi connectivity index (χ3v) is 8.96. The fourth-order valence-corrected chi connectivity index (χ4v) is 6.56. The molecule has 1 saturated heterocycles. The number of fused-ring (bicyclic) bond motifs is 1. The molecule has 2 aromatic carbocycles. The fourth-order valence-electron chi connectivity index (χ4n) is 3.90. The van der Waals surface area contributed by atoms with Crippen molar-refractivity contribution in [1.29, 1.82) is 0 Å². The Kier molecular flexibility index (Phi) is 6.26. The minimum absolute atomic E-state index is 0.255. The first-order valence-electron chi connectivity index (χ1n) is 10.8. The second kappa shape index (κ2) is 9.20. The number of nitrogens with zero attached hydrogens (tertiary/aromatic N) is 5. The molecule has 1 fully saturated rings. The highest BCUT2D eigenvalue weighted by atomic mass is 35.5. The molecule has 176 valence electrons. The van der Waals surface area contributed by atoms with Crippen molar-refractivity contribution in [2.75, 3.05) is 26.2 Å². The van der Waals surface area contributed by atoms with Crippen molar-refractivity contribution in [2.45, 2.75) is 18.4 Å². The molecule has 34 heavy (non-hydrogen) atoms. The van der Waals surface area contributed by atoms with Crippen molar-refractivity contribution in [2.24, 2.45) is 0 Å². The summed E-state index contributed by atoms with van der Waals surface area (Å²) in [6.45, 7) is 4.27. The van der Waals surface area contributed by atoms with Crippen LogP contribution in [-0.2, 0) is 16.6 Å². The summed E-state index contributed by atoms with van der Waals surface area (Å²) in [6, 6.07) is 15.7. The summed E-state index contributed by atoms with van der Waals surface area (Å²) in [6.07, 6.45) is 0. The number of rotatable bonds is 5. The quantitative estimate of drug-likeness (QED) is 0.405. The summed E-state index contributed by atoms with van der Waals surface area (Å²) >= 11 is 7.59. The third kappa shape index (κ3) is 4.51. The number of benzene rings is 2. The molecule has 11 heteroatoms. The molecule has 5 rings (SSSR count). The van der Waals surface area contributed by atoms with Gasteiger partial charge in [0.2, 0.25) is 15.0 Å². The van der Waals surface area contributed by atoms with Crippen molar-refractivity contribution in [1.82, 2.24) is 23.8 Å². The Morgan fingerprint density at radius 1 is 1.03 bits per heavy atom. The van der Waals surface area contributed by atoms with E-state index in [1.165, 1.54) is 26.2 Å². The molecule has 1 aliphatic heterocycles. The molecule has 0 N–H and O–H groups in total. The summed E-state index contributed by atoms with van der Waals surface area (Å²) in [5.41, 5.74) is 2.15. The van der Waals surface area contributed by atoms with Gasteiger partial charge >= 0.3 is 0 Å². The highest BCUT2D eigenvalue weighted by Gasteiger charge is 2.28. The normalized spacial score (nSPS) is 15.7. The van der Waals surface area contributed by atoms with Gasteiger partial charge in [0.25, 0.3) is 5.56 Å². The Labute approximate surface area is 206 Å². The molecule has 0 atom stereocenters. The van der Waals surface area contributed by atoms with Gasteiger partial charge in [0.1, 0.15) is 5.01 Å². The summed E-state index contributed by atoms with van der Waals surface area (Å²) in [5, 5.41) is 5.58. The average Bonchev–Trinajstić information content (AvgIpc) is 3.24. The Morgan fingerprint density at radius 2 is 1.74 bits per heavy atom. The largest absolute Gasteiger partial charge is 0.295 e. The van der Waals surface area contributed by atoms with E-state index >= 15 is 0 Å². The molecule has 1 aliphatic rings. The minimum Gasteiger partial charge on any atom is -0.295 e. The van der Waals surface area contributed by atoms with Crippen LogP contribution in [0.25, 0.3) is 15.5 Å². The lowest BCUT2D eigenvalue weighted by Crippen LogP contribution is -2.48. The maximum Gasteiger partial charge on any atom is 0.275 e. The Morgan fingerprint density at radius 3 is 2.44 bits per heavy atom. The van der Waals surface area contributed by atoms with E-state index in [1.807, 2.05) is 25.1 Å². The molecule has 3 heterocycles. The van der Waals surface area contributed by atoms with Gasteiger partial charge < -0.3 is 0 Å². The molecule has 8 nitrogen and oxygen atoms in total. The van der Waals surface area contributed by atoms with Crippen LogP contribution < -0.4 is 5.56 Å². The molecular weight excluding hydrogens is 494 g/mol. The van der Waals surface area contributed by atoms with E-state index in [4.69, 9.17) is 11.6 Å². The summed E-state index contributed by atoms with van der Waals surface area (Å²) in [7, 11) is -3.52. The average molecular weight is 516 g/mol. The van der Waals surface area contributed by atoms with Crippen molar-refractivity contribution in [3.05, 3.63) is 81.2 Å². The van der Waals surface area contributed by atoms with Gasteiger partial charge in [0.05, 0.1) is 15.6 Å². The SMILES string of the molecule is Cc1ccc(S(=O)(=O)N2CCN(Cc3cc(=O)n4nc(-c5ccccc5Cl)sc4n3)CC2)cc1. The van der Waals surface area contributed by atoms with Gasteiger partial charge in [0.15, 0.2) is 0 Å². The number of aryl methyl sites for hydroxylation is 1. The van der Waals surface area contributed by atoms with E-state index in [9.17, 15) is 13.2 Å². The number of aromatic nitrogens is 3. The summed E-state index contributed by atoms with van der Waals surface area (Å²) < 4.78 is 28.7. The number of sulfonamides is 1. The Bertz CT molecular complexity index is 1510. The second-order valence-corrected chi connectivity index (χ2v) is 11.5. The van der Waals surface area contributed by atoms with Crippen LogP contribution >= 0.6 is 22.9 Å². The summed E-state index contributed by atoms with van der Waals surface area (Å²) in [4.78, 5) is 20.2. The maximum atomic E-state index is 12.9. The predicted molar refractivity (Wildman–Crippen MR) is 133 cm³/mol. The molecule has 4 aromatic rings. The topological polar surface area (TPSA) is 87.9 Å². The zero-order valence-electron chi connectivity index (χ0n) is 18.4. The number of hydrogen-bond acceptors (Lipinski definition) is 7. The molecule has 0 radical (unpaired) electrons. The Balaban J connectivity index is 1.30. The van der Waals surface area contributed by atoms with Crippen molar-refractivity contribution < 1.29 is 8.42 Å². The van der Waals surface area contributed by atoms with Gasteiger partial charge in [0, 0.05) is 44.4 Å². The van der Waals surface area contributed by atoms with Crippen molar-refractivity contribution in [3.63, 3.8) is 0 Å².